The fraction of sp³-hybridized carbons (Fsp3) is 0.455. The van der Waals surface area contributed by atoms with Crippen LogP contribution < -0.4 is 10.2 Å². The van der Waals surface area contributed by atoms with Gasteiger partial charge in [-0.25, -0.2) is 14.8 Å². The minimum atomic E-state index is -1.13. The highest BCUT2D eigenvalue weighted by atomic mass is 35.5. The summed E-state index contributed by atoms with van der Waals surface area (Å²) in [6, 6.07) is 6.76. The number of hydrogen-bond acceptors (Lipinski definition) is 6. The van der Waals surface area contributed by atoms with Crippen molar-refractivity contribution >= 4 is 29.2 Å². The van der Waals surface area contributed by atoms with E-state index in [2.05, 4.69) is 20.2 Å². The lowest BCUT2D eigenvalue weighted by molar-refractivity contribution is -0.139. The molecule has 0 radical (unpaired) electrons. The topological polar surface area (TPSA) is 116 Å². The maximum Gasteiger partial charge on any atom is 0.326 e. The monoisotopic (exact) mass is 446 g/mol. The first-order valence-corrected chi connectivity index (χ1v) is 10.8. The maximum absolute atomic E-state index is 12.5. The van der Waals surface area contributed by atoms with Gasteiger partial charge < -0.3 is 20.4 Å². The number of piperidine rings is 1. The van der Waals surface area contributed by atoms with Gasteiger partial charge in [-0.3, -0.25) is 4.79 Å². The van der Waals surface area contributed by atoms with Crippen LogP contribution in [0.15, 0.2) is 24.3 Å². The number of amides is 1. The van der Waals surface area contributed by atoms with Gasteiger partial charge in [0.25, 0.3) is 5.91 Å². The molecular formula is C22H27ClN4O4. The highest BCUT2D eigenvalue weighted by molar-refractivity contribution is 6.30. The average molecular weight is 447 g/mol. The average Bonchev–Trinajstić information content (AvgIpc) is 2.75. The van der Waals surface area contributed by atoms with Crippen LogP contribution in [0.25, 0.3) is 0 Å². The van der Waals surface area contributed by atoms with Gasteiger partial charge in [-0.05, 0) is 56.4 Å². The van der Waals surface area contributed by atoms with E-state index in [1.807, 2.05) is 24.3 Å². The third-order valence-electron chi connectivity index (χ3n) is 5.61. The molecular weight excluding hydrogens is 420 g/mol. The number of aryl methyl sites for hydroxylation is 1. The number of nitrogens with one attached hydrogen (secondary N) is 1. The molecule has 1 unspecified atom stereocenters. The Hall–Kier alpha value is -2.87. The molecule has 0 saturated carbocycles. The standard InChI is InChI=1S/C22H27ClN4O4/c1-3-17(22(30)31)25-21(29)19-20(28)13(2)24-18(26-19)12-14-8-10-27(11-9-14)16-6-4-15(23)5-7-16/h4-7,14,17,28H,3,8-12H2,1-2H3,(H,25,29)(H,30,31). The van der Waals surface area contributed by atoms with E-state index >= 15 is 0 Å². The summed E-state index contributed by atoms with van der Waals surface area (Å²) in [6.07, 6.45) is 2.71. The molecule has 31 heavy (non-hydrogen) atoms. The largest absolute Gasteiger partial charge is 0.504 e. The Labute approximate surface area is 186 Å². The number of carboxylic acids is 1. The summed E-state index contributed by atoms with van der Waals surface area (Å²) in [5.74, 6) is -1.33. The Morgan fingerprint density at radius 1 is 1.23 bits per heavy atom. The second-order valence-corrected chi connectivity index (χ2v) is 8.24. The van der Waals surface area contributed by atoms with Crippen molar-refractivity contribution in [3.63, 3.8) is 0 Å². The molecule has 3 N–H and O–H groups in total. The Balaban J connectivity index is 1.66. The summed E-state index contributed by atoms with van der Waals surface area (Å²) >= 11 is 5.97. The number of nitrogens with zero attached hydrogens (tertiary/aromatic N) is 3. The van der Waals surface area contributed by atoms with Gasteiger partial charge in [-0.1, -0.05) is 18.5 Å². The number of aliphatic carboxylic acids is 1. The van der Waals surface area contributed by atoms with E-state index in [1.165, 1.54) is 0 Å². The quantitative estimate of drug-likeness (QED) is 0.598. The second-order valence-electron chi connectivity index (χ2n) is 7.81. The van der Waals surface area contributed by atoms with Crippen LogP contribution in [-0.2, 0) is 11.2 Å². The summed E-state index contributed by atoms with van der Waals surface area (Å²) in [7, 11) is 0. The first kappa shape index (κ1) is 22.8. The number of benzene rings is 1. The van der Waals surface area contributed by atoms with Gasteiger partial charge in [0.2, 0.25) is 0 Å². The number of hydrogen-bond donors (Lipinski definition) is 3. The molecule has 0 spiro atoms. The minimum absolute atomic E-state index is 0.180. The number of halogens is 1. The molecule has 1 aromatic carbocycles. The predicted molar refractivity (Wildman–Crippen MR) is 118 cm³/mol. The number of carboxylic acid groups (broad SMARTS) is 1. The molecule has 8 nitrogen and oxygen atoms in total. The van der Waals surface area contributed by atoms with Crippen LogP contribution in [0, 0.1) is 12.8 Å². The second kappa shape index (κ2) is 9.96. The number of carbonyl (C=O) groups is 2. The normalized spacial score (nSPS) is 15.5. The summed E-state index contributed by atoms with van der Waals surface area (Å²) in [6.45, 7) is 5.06. The van der Waals surface area contributed by atoms with E-state index in [9.17, 15) is 14.7 Å². The molecule has 0 aliphatic carbocycles. The van der Waals surface area contributed by atoms with E-state index < -0.39 is 17.9 Å². The Kier molecular flexibility index (Phi) is 7.33. The highest BCUT2D eigenvalue weighted by Gasteiger charge is 2.25. The zero-order valence-electron chi connectivity index (χ0n) is 17.6. The highest BCUT2D eigenvalue weighted by Crippen LogP contribution is 2.27. The molecule has 166 valence electrons. The summed E-state index contributed by atoms with van der Waals surface area (Å²) in [5.41, 5.74) is 1.26. The van der Waals surface area contributed by atoms with E-state index in [-0.39, 0.29) is 17.9 Å². The molecule has 9 heteroatoms. The third-order valence-corrected chi connectivity index (χ3v) is 5.86. The lowest BCUT2D eigenvalue weighted by Crippen LogP contribution is -2.40. The number of aromatic hydroxyl groups is 1. The van der Waals surface area contributed by atoms with Gasteiger partial charge in [0.15, 0.2) is 11.4 Å². The lowest BCUT2D eigenvalue weighted by Gasteiger charge is -2.33. The van der Waals surface area contributed by atoms with Crippen molar-refractivity contribution in [3.8, 4) is 5.75 Å². The fourth-order valence-electron chi connectivity index (χ4n) is 3.74. The number of aromatic nitrogens is 2. The van der Waals surface area contributed by atoms with Gasteiger partial charge in [-0.15, -0.1) is 0 Å². The van der Waals surface area contributed by atoms with Crippen LogP contribution in [0.3, 0.4) is 0 Å². The Morgan fingerprint density at radius 3 is 2.45 bits per heavy atom. The van der Waals surface area contributed by atoms with Gasteiger partial charge >= 0.3 is 5.97 Å². The predicted octanol–water partition coefficient (Wildman–Crippen LogP) is 3.20. The van der Waals surface area contributed by atoms with Crippen molar-refractivity contribution in [1.29, 1.82) is 0 Å². The molecule has 2 aromatic rings. The van der Waals surface area contributed by atoms with Crippen LogP contribution in [0.2, 0.25) is 5.02 Å². The van der Waals surface area contributed by atoms with Crippen LogP contribution in [-0.4, -0.2) is 51.2 Å². The zero-order valence-corrected chi connectivity index (χ0v) is 18.4. The third kappa shape index (κ3) is 5.64. The molecule has 1 atom stereocenters. The Bertz CT molecular complexity index is 943. The fourth-order valence-corrected chi connectivity index (χ4v) is 3.87. The first-order chi connectivity index (χ1) is 14.8. The Morgan fingerprint density at radius 2 is 1.87 bits per heavy atom. The van der Waals surface area contributed by atoms with Crippen molar-refractivity contribution in [1.82, 2.24) is 15.3 Å². The van der Waals surface area contributed by atoms with Gasteiger partial charge in [0.05, 0.1) is 5.69 Å². The van der Waals surface area contributed by atoms with Crippen LogP contribution in [0.5, 0.6) is 5.75 Å². The lowest BCUT2D eigenvalue weighted by atomic mass is 9.93. The van der Waals surface area contributed by atoms with Crippen molar-refractivity contribution in [2.45, 2.75) is 45.6 Å². The summed E-state index contributed by atoms with van der Waals surface area (Å²) in [4.78, 5) is 34.6. The van der Waals surface area contributed by atoms with Crippen molar-refractivity contribution in [2.24, 2.45) is 5.92 Å². The first-order valence-electron chi connectivity index (χ1n) is 10.4. The molecule has 3 rings (SSSR count). The number of anilines is 1. The molecule has 1 fully saturated rings. The van der Waals surface area contributed by atoms with Gasteiger partial charge in [0, 0.05) is 30.2 Å². The summed E-state index contributed by atoms with van der Waals surface area (Å²) in [5, 5.41) is 22.5. The number of rotatable bonds is 7. The molecule has 1 amide bonds. The maximum atomic E-state index is 12.5. The van der Waals surface area contributed by atoms with Crippen LogP contribution in [0.4, 0.5) is 5.69 Å². The van der Waals surface area contributed by atoms with Crippen molar-refractivity contribution < 1.29 is 19.8 Å². The molecule has 1 aliphatic heterocycles. The van der Waals surface area contributed by atoms with E-state index in [1.54, 1.807) is 13.8 Å². The van der Waals surface area contributed by atoms with Crippen LogP contribution in [0.1, 0.15) is 48.2 Å². The number of carbonyl (C=O) groups excluding carboxylic acids is 1. The molecule has 2 heterocycles. The van der Waals surface area contributed by atoms with E-state index in [0.29, 0.717) is 28.9 Å². The minimum Gasteiger partial charge on any atom is -0.504 e. The van der Waals surface area contributed by atoms with Crippen LogP contribution >= 0.6 is 11.6 Å². The van der Waals surface area contributed by atoms with Crippen molar-refractivity contribution in [2.75, 3.05) is 18.0 Å². The molecule has 1 saturated heterocycles. The molecule has 0 bridgehead atoms. The van der Waals surface area contributed by atoms with E-state index in [0.717, 1.165) is 31.6 Å². The van der Waals surface area contributed by atoms with Gasteiger partial charge in [0.1, 0.15) is 11.9 Å². The zero-order chi connectivity index (χ0) is 22.5. The smallest absolute Gasteiger partial charge is 0.326 e. The summed E-state index contributed by atoms with van der Waals surface area (Å²) < 4.78 is 0. The van der Waals surface area contributed by atoms with Crippen molar-refractivity contribution in [3.05, 3.63) is 46.5 Å². The SMILES string of the molecule is CCC(NC(=O)c1nc(CC2CCN(c3ccc(Cl)cc3)CC2)nc(C)c1O)C(=O)O. The van der Waals surface area contributed by atoms with E-state index in [4.69, 9.17) is 16.7 Å². The molecule has 1 aromatic heterocycles. The molecule has 1 aliphatic rings. The van der Waals surface area contributed by atoms with Gasteiger partial charge in [-0.2, -0.15) is 0 Å².